The molecule has 0 heterocycles. The summed E-state index contributed by atoms with van der Waals surface area (Å²) in [7, 11) is -0.262. The molecule has 0 saturated carbocycles. The summed E-state index contributed by atoms with van der Waals surface area (Å²) in [6.07, 6.45) is -3.52. The van der Waals surface area contributed by atoms with Crippen LogP contribution in [-0.4, -0.2) is 22.3 Å². The Morgan fingerprint density at radius 1 is 1.25 bits per heavy atom. The molecule has 0 unspecified atom stereocenters. The van der Waals surface area contributed by atoms with Crippen molar-refractivity contribution in [3.05, 3.63) is 29.3 Å². The van der Waals surface area contributed by atoms with Crippen molar-refractivity contribution in [3.63, 3.8) is 0 Å². The smallest absolute Gasteiger partial charge is 0.417 e. The van der Waals surface area contributed by atoms with Gasteiger partial charge in [0.2, 0.25) is 0 Å². The Morgan fingerprint density at radius 2 is 1.85 bits per heavy atom. The van der Waals surface area contributed by atoms with Gasteiger partial charge in [-0.3, -0.25) is 0 Å². The number of nitrogens with zero attached hydrogens (tertiary/aromatic N) is 1. The van der Waals surface area contributed by atoms with Gasteiger partial charge in [-0.1, -0.05) is 0 Å². The number of hydrogen-bond donors (Lipinski definition) is 0. The van der Waals surface area contributed by atoms with Gasteiger partial charge in [-0.15, -0.1) is 0 Å². The fourth-order valence-electron chi connectivity index (χ4n) is 1.30. The SMILES string of the molecule is COc1ccc(C(F)(F)F)c(/C=N/[S@@](=O)C(C)(C)C)c1. The molecule has 0 aliphatic carbocycles. The maximum Gasteiger partial charge on any atom is 0.417 e. The first-order valence-corrected chi connectivity index (χ1v) is 6.87. The number of methoxy groups -OCH3 is 1. The quantitative estimate of drug-likeness (QED) is 0.800. The van der Waals surface area contributed by atoms with E-state index >= 15 is 0 Å². The standard InChI is InChI=1S/C13H16F3NO2S/c1-12(2,3)20(18)17-8-9-7-10(19-4)5-6-11(9)13(14,15)16/h5-8H,1-4H3/b17-8+/t20-/m0/s1. The predicted octanol–water partition coefficient (Wildman–Crippen LogP) is 3.60. The van der Waals surface area contributed by atoms with Crippen molar-refractivity contribution in [1.29, 1.82) is 0 Å². The van der Waals surface area contributed by atoms with E-state index in [-0.39, 0.29) is 11.3 Å². The second-order valence-corrected chi connectivity index (χ2v) is 6.98. The van der Waals surface area contributed by atoms with Crippen molar-refractivity contribution >= 4 is 17.2 Å². The molecule has 1 rings (SSSR count). The molecule has 0 fully saturated rings. The van der Waals surface area contributed by atoms with Gasteiger partial charge in [0.1, 0.15) is 16.7 Å². The minimum absolute atomic E-state index is 0.172. The molecular formula is C13H16F3NO2S. The number of benzene rings is 1. The molecule has 1 atom stereocenters. The van der Waals surface area contributed by atoms with Gasteiger partial charge >= 0.3 is 6.18 Å². The van der Waals surface area contributed by atoms with Crippen LogP contribution in [0.4, 0.5) is 13.2 Å². The highest BCUT2D eigenvalue weighted by Crippen LogP contribution is 2.33. The van der Waals surface area contributed by atoms with E-state index in [1.807, 2.05) is 0 Å². The van der Waals surface area contributed by atoms with E-state index in [1.165, 1.54) is 19.2 Å². The molecule has 0 bridgehead atoms. The Balaban J connectivity index is 3.21. The van der Waals surface area contributed by atoms with E-state index in [2.05, 4.69) is 4.40 Å². The summed E-state index contributed by atoms with van der Waals surface area (Å²) < 4.78 is 58.3. The lowest BCUT2D eigenvalue weighted by atomic mass is 10.1. The van der Waals surface area contributed by atoms with E-state index < -0.39 is 27.5 Å². The van der Waals surface area contributed by atoms with Gasteiger partial charge in [-0.2, -0.15) is 17.6 Å². The maximum absolute atomic E-state index is 12.9. The minimum atomic E-state index is -4.50. The topological polar surface area (TPSA) is 38.7 Å². The summed E-state index contributed by atoms with van der Waals surface area (Å²) in [4.78, 5) is 0. The molecule has 0 aliphatic heterocycles. The summed E-state index contributed by atoms with van der Waals surface area (Å²) in [6, 6.07) is 3.35. The summed E-state index contributed by atoms with van der Waals surface area (Å²) in [5.41, 5.74) is -1.01. The van der Waals surface area contributed by atoms with E-state index in [1.54, 1.807) is 20.8 Å². The number of alkyl halides is 3. The normalized spacial score (nSPS) is 14.6. The van der Waals surface area contributed by atoms with Gasteiger partial charge in [-0.05, 0) is 39.0 Å². The lowest BCUT2D eigenvalue weighted by Gasteiger charge is -2.14. The van der Waals surface area contributed by atoms with Crippen molar-refractivity contribution in [1.82, 2.24) is 0 Å². The van der Waals surface area contributed by atoms with Crippen LogP contribution in [0.15, 0.2) is 22.6 Å². The van der Waals surface area contributed by atoms with Gasteiger partial charge in [0.25, 0.3) is 0 Å². The Hall–Kier alpha value is -1.37. The van der Waals surface area contributed by atoms with Gasteiger partial charge in [0.05, 0.1) is 17.4 Å². The van der Waals surface area contributed by atoms with Gasteiger partial charge in [-0.25, -0.2) is 4.21 Å². The van der Waals surface area contributed by atoms with Gasteiger partial charge < -0.3 is 4.74 Å². The number of rotatable bonds is 3. The first-order chi connectivity index (χ1) is 9.05. The third-order valence-corrected chi connectivity index (χ3v) is 3.72. The Morgan fingerprint density at radius 3 is 2.30 bits per heavy atom. The third-order valence-electron chi connectivity index (χ3n) is 2.38. The molecule has 0 aromatic heterocycles. The van der Waals surface area contributed by atoms with Crippen LogP contribution in [0, 0.1) is 0 Å². The van der Waals surface area contributed by atoms with Crippen LogP contribution < -0.4 is 4.74 Å². The molecule has 1 aromatic rings. The molecule has 0 amide bonds. The Labute approximate surface area is 118 Å². The largest absolute Gasteiger partial charge is 0.497 e. The molecule has 0 saturated heterocycles. The number of hydrogen-bond acceptors (Lipinski definition) is 2. The summed E-state index contributed by atoms with van der Waals surface area (Å²) in [5.74, 6) is 0.279. The maximum atomic E-state index is 12.9. The van der Waals surface area contributed by atoms with Crippen LogP contribution in [0.5, 0.6) is 5.75 Å². The molecular weight excluding hydrogens is 291 g/mol. The zero-order chi connectivity index (χ0) is 15.6. The molecule has 20 heavy (non-hydrogen) atoms. The van der Waals surface area contributed by atoms with Crippen molar-refractivity contribution in [2.45, 2.75) is 31.7 Å². The highest BCUT2D eigenvalue weighted by molar-refractivity contribution is 7.85. The van der Waals surface area contributed by atoms with E-state index in [0.29, 0.717) is 0 Å². The predicted molar refractivity (Wildman–Crippen MR) is 73.5 cm³/mol. The van der Waals surface area contributed by atoms with E-state index in [4.69, 9.17) is 4.74 Å². The monoisotopic (exact) mass is 307 g/mol. The second-order valence-electron chi connectivity index (χ2n) is 5.05. The molecule has 0 N–H and O–H groups in total. The van der Waals surface area contributed by atoms with Crippen LogP contribution in [-0.2, 0) is 17.2 Å². The lowest BCUT2D eigenvalue weighted by Crippen LogP contribution is -2.20. The van der Waals surface area contributed by atoms with Crippen LogP contribution in [0.25, 0.3) is 0 Å². The molecule has 0 radical (unpaired) electrons. The van der Waals surface area contributed by atoms with Crippen LogP contribution in [0.1, 0.15) is 31.9 Å². The molecule has 1 aromatic carbocycles. The van der Waals surface area contributed by atoms with E-state index in [0.717, 1.165) is 12.3 Å². The number of ether oxygens (including phenoxy) is 1. The minimum Gasteiger partial charge on any atom is -0.497 e. The zero-order valence-electron chi connectivity index (χ0n) is 11.6. The second kappa shape index (κ2) is 5.95. The molecule has 112 valence electrons. The average molecular weight is 307 g/mol. The van der Waals surface area contributed by atoms with Gasteiger partial charge in [0.15, 0.2) is 0 Å². The van der Waals surface area contributed by atoms with Crippen molar-refractivity contribution in [2.24, 2.45) is 4.40 Å². The van der Waals surface area contributed by atoms with Crippen LogP contribution in [0.2, 0.25) is 0 Å². The third kappa shape index (κ3) is 4.33. The zero-order valence-corrected chi connectivity index (χ0v) is 12.4. The average Bonchev–Trinajstić information content (AvgIpc) is 2.33. The Bertz CT molecular complexity index is 533. The van der Waals surface area contributed by atoms with Crippen LogP contribution in [0.3, 0.4) is 0 Å². The number of halogens is 3. The fraction of sp³-hybridized carbons (Fsp3) is 0.462. The van der Waals surface area contributed by atoms with Crippen molar-refractivity contribution < 1.29 is 22.1 Å². The highest BCUT2D eigenvalue weighted by atomic mass is 32.2. The Kier molecular flexibility index (Phi) is 4.96. The lowest BCUT2D eigenvalue weighted by molar-refractivity contribution is -0.137. The molecule has 0 spiro atoms. The van der Waals surface area contributed by atoms with Crippen LogP contribution >= 0.6 is 0 Å². The first-order valence-electron chi connectivity index (χ1n) is 5.77. The molecule has 3 nitrogen and oxygen atoms in total. The molecule has 7 heteroatoms. The molecule has 0 aliphatic rings. The first kappa shape index (κ1) is 16.7. The fourth-order valence-corrected chi connectivity index (χ4v) is 1.82. The van der Waals surface area contributed by atoms with E-state index in [9.17, 15) is 17.4 Å². The summed E-state index contributed by atoms with van der Waals surface area (Å²) in [6.45, 7) is 5.07. The summed E-state index contributed by atoms with van der Waals surface area (Å²) >= 11 is 0. The van der Waals surface area contributed by atoms with Crippen molar-refractivity contribution in [2.75, 3.05) is 7.11 Å². The summed E-state index contributed by atoms with van der Waals surface area (Å²) in [5, 5.41) is 0. The highest BCUT2D eigenvalue weighted by Gasteiger charge is 2.33. The van der Waals surface area contributed by atoms with Gasteiger partial charge in [0, 0.05) is 11.8 Å². The van der Waals surface area contributed by atoms with Crippen molar-refractivity contribution in [3.8, 4) is 5.75 Å².